The van der Waals surface area contributed by atoms with Crippen molar-refractivity contribution in [3.05, 3.63) is 24.3 Å². The molecular formula is C9H10F3NO2S2. The lowest BCUT2D eigenvalue weighted by Gasteiger charge is -2.06. The average molecular weight is 285 g/mol. The summed E-state index contributed by atoms with van der Waals surface area (Å²) in [6.45, 7) is 0. The lowest BCUT2D eigenvalue weighted by atomic mass is 10.3. The number of hydrogen-bond acceptors (Lipinski definition) is 4. The average Bonchev–Trinajstić information content (AvgIpc) is 2.15. The fourth-order valence-electron chi connectivity index (χ4n) is 1.06. The molecular weight excluding hydrogens is 275 g/mol. The number of halogens is 3. The van der Waals surface area contributed by atoms with E-state index in [0.29, 0.717) is 5.69 Å². The number of nitrogens with two attached hydrogens (primary N) is 1. The molecule has 1 aromatic carbocycles. The summed E-state index contributed by atoms with van der Waals surface area (Å²) >= 11 is -0.346. The van der Waals surface area contributed by atoms with Crippen LogP contribution in [-0.4, -0.2) is 25.4 Å². The molecule has 0 aromatic heterocycles. The van der Waals surface area contributed by atoms with Crippen molar-refractivity contribution in [3.63, 3.8) is 0 Å². The van der Waals surface area contributed by atoms with Gasteiger partial charge in [-0.15, -0.1) is 0 Å². The van der Waals surface area contributed by atoms with E-state index in [4.69, 9.17) is 5.73 Å². The maximum absolute atomic E-state index is 11.8. The number of nitrogen functional groups attached to an aromatic ring is 1. The van der Waals surface area contributed by atoms with Gasteiger partial charge < -0.3 is 5.73 Å². The highest BCUT2D eigenvalue weighted by Crippen LogP contribution is 2.30. The summed E-state index contributed by atoms with van der Waals surface area (Å²) < 4.78 is 58.7. The van der Waals surface area contributed by atoms with Gasteiger partial charge in [-0.3, -0.25) is 0 Å². The SMILES string of the molecule is Nc1ccc(S(=O)(=O)CCSC(F)(F)F)cc1. The molecule has 8 heteroatoms. The van der Waals surface area contributed by atoms with E-state index in [1.807, 2.05) is 0 Å². The Balaban J connectivity index is 2.66. The molecule has 96 valence electrons. The van der Waals surface area contributed by atoms with Gasteiger partial charge >= 0.3 is 5.51 Å². The number of thioether (sulfide) groups is 1. The van der Waals surface area contributed by atoms with Crippen molar-refractivity contribution in [2.45, 2.75) is 10.4 Å². The first-order valence-corrected chi connectivity index (χ1v) is 7.13. The van der Waals surface area contributed by atoms with E-state index in [1.165, 1.54) is 24.3 Å². The van der Waals surface area contributed by atoms with E-state index < -0.39 is 26.9 Å². The van der Waals surface area contributed by atoms with Gasteiger partial charge in [-0.1, -0.05) is 0 Å². The number of benzene rings is 1. The number of anilines is 1. The van der Waals surface area contributed by atoms with Gasteiger partial charge in [0, 0.05) is 11.4 Å². The zero-order valence-electron chi connectivity index (χ0n) is 8.57. The van der Waals surface area contributed by atoms with E-state index in [2.05, 4.69) is 0 Å². The van der Waals surface area contributed by atoms with Crippen molar-refractivity contribution >= 4 is 27.3 Å². The predicted octanol–water partition coefficient (Wildman–Crippen LogP) is 2.30. The fourth-order valence-corrected chi connectivity index (χ4v) is 3.29. The second-order valence-electron chi connectivity index (χ2n) is 3.18. The molecule has 0 aliphatic heterocycles. The molecule has 1 aromatic rings. The van der Waals surface area contributed by atoms with E-state index in [1.54, 1.807) is 0 Å². The zero-order valence-corrected chi connectivity index (χ0v) is 10.2. The summed E-state index contributed by atoms with van der Waals surface area (Å²) in [6, 6.07) is 5.35. The third kappa shape index (κ3) is 4.86. The Morgan fingerprint density at radius 2 is 1.71 bits per heavy atom. The normalized spacial score (nSPS) is 12.6. The molecule has 0 fully saturated rings. The van der Waals surface area contributed by atoms with E-state index in [0.717, 1.165) is 0 Å². The number of alkyl halides is 3. The van der Waals surface area contributed by atoms with Crippen molar-refractivity contribution in [2.75, 3.05) is 17.2 Å². The second-order valence-corrected chi connectivity index (χ2v) is 6.45. The van der Waals surface area contributed by atoms with Crippen LogP contribution < -0.4 is 5.73 Å². The molecule has 0 amide bonds. The van der Waals surface area contributed by atoms with Crippen molar-refractivity contribution in [2.24, 2.45) is 0 Å². The van der Waals surface area contributed by atoms with E-state index >= 15 is 0 Å². The highest BCUT2D eigenvalue weighted by molar-refractivity contribution is 8.01. The molecule has 2 N–H and O–H groups in total. The molecule has 0 bridgehead atoms. The van der Waals surface area contributed by atoms with Gasteiger partial charge in [0.25, 0.3) is 0 Å². The minimum absolute atomic E-state index is 0.0190. The molecule has 3 nitrogen and oxygen atoms in total. The van der Waals surface area contributed by atoms with Crippen LogP contribution in [0.15, 0.2) is 29.2 Å². The fraction of sp³-hybridized carbons (Fsp3) is 0.333. The van der Waals surface area contributed by atoms with Crippen LogP contribution in [0.25, 0.3) is 0 Å². The monoisotopic (exact) mass is 285 g/mol. The smallest absolute Gasteiger partial charge is 0.399 e. The third-order valence-corrected chi connectivity index (χ3v) is 4.58. The molecule has 0 saturated heterocycles. The van der Waals surface area contributed by atoms with Gasteiger partial charge in [-0.2, -0.15) is 13.2 Å². The van der Waals surface area contributed by atoms with Crippen LogP contribution in [0.3, 0.4) is 0 Å². The maximum Gasteiger partial charge on any atom is 0.441 e. The van der Waals surface area contributed by atoms with E-state index in [-0.39, 0.29) is 16.7 Å². The largest absolute Gasteiger partial charge is 0.441 e. The molecule has 0 heterocycles. The van der Waals surface area contributed by atoms with Crippen LogP contribution in [-0.2, 0) is 9.84 Å². The first-order chi connectivity index (χ1) is 7.71. The van der Waals surface area contributed by atoms with Crippen molar-refractivity contribution in [3.8, 4) is 0 Å². The van der Waals surface area contributed by atoms with Gasteiger partial charge in [0.05, 0.1) is 10.6 Å². The number of rotatable bonds is 4. The molecule has 0 unspecified atom stereocenters. The first-order valence-electron chi connectivity index (χ1n) is 4.50. The summed E-state index contributed by atoms with van der Waals surface area (Å²) in [5.41, 5.74) is 1.37. The number of sulfone groups is 1. The quantitative estimate of drug-likeness (QED) is 0.862. The summed E-state index contributed by atoms with van der Waals surface area (Å²) in [7, 11) is -3.68. The standard InChI is InChI=1S/C9H10F3NO2S2/c10-9(11,12)16-5-6-17(14,15)8-3-1-7(13)2-4-8/h1-4H,5-6,13H2. The summed E-state index contributed by atoms with van der Waals surface area (Å²) in [5, 5.41) is 0. The lowest BCUT2D eigenvalue weighted by molar-refractivity contribution is -0.0326. The number of hydrogen-bond donors (Lipinski definition) is 1. The highest BCUT2D eigenvalue weighted by atomic mass is 32.2. The predicted molar refractivity (Wildman–Crippen MR) is 61.4 cm³/mol. The Morgan fingerprint density at radius 1 is 1.18 bits per heavy atom. The van der Waals surface area contributed by atoms with Crippen molar-refractivity contribution in [1.29, 1.82) is 0 Å². The van der Waals surface area contributed by atoms with Crippen LogP contribution in [0.4, 0.5) is 18.9 Å². The van der Waals surface area contributed by atoms with Gasteiger partial charge in [0.2, 0.25) is 0 Å². The van der Waals surface area contributed by atoms with Crippen LogP contribution in [0.5, 0.6) is 0 Å². The molecule has 0 radical (unpaired) electrons. The van der Waals surface area contributed by atoms with Crippen LogP contribution in [0, 0.1) is 0 Å². The highest BCUT2D eigenvalue weighted by Gasteiger charge is 2.29. The topological polar surface area (TPSA) is 60.2 Å². The Morgan fingerprint density at radius 3 is 2.18 bits per heavy atom. The summed E-state index contributed by atoms with van der Waals surface area (Å²) in [4.78, 5) is -0.0190. The summed E-state index contributed by atoms with van der Waals surface area (Å²) in [5.74, 6) is -1.07. The maximum atomic E-state index is 11.8. The second kappa shape index (κ2) is 5.18. The van der Waals surface area contributed by atoms with Gasteiger partial charge in [0.15, 0.2) is 9.84 Å². The molecule has 17 heavy (non-hydrogen) atoms. The Hall–Kier alpha value is -0.890. The zero-order chi connectivity index (χ0) is 13.1. The molecule has 0 saturated carbocycles. The van der Waals surface area contributed by atoms with Gasteiger partial charge in [-0.25, -0.2) is 8.42 Å². The Labute approximate surface area is 101 Å². The van der Waals surface area contributed by atoms with Crippen molar-refractivity contribution in [1.82, 2.24) is 0 Å². The molecule has 0 atom stereocenters. The van der Waals surface area contributed by atoms with E-state index in [9.17, 15) is 21.6 Å². The van der Waals surface area contributed by atoms with Crippen LogP contribution in [0.2, 0.25) is 0 Å². The van der Waals surface area contributed by atoms with Crippen molar-refractivity contribution < 1.29 is 21.6 Å². The third-order valence-electron chi connectivity index (χ3n) is 1.86. The molecule has 0 spiro atoms. The first kappa shape index (κ1) is 14.2. The lowest BCUT2D eigenvalue weighted by Crippen LogP contribution is -2.12. The summed E-state index contributed by atoms with van der Waals surface area (Å²) in [6.07, 6.45) is 0. The Bertz CT molecular complexity index is 468. The minimum atomic E-state index is -4.41. The molecule has 1 rings (SSSR count). The molecule has 0 aliphatic rings. The van der Waals surface area contributed by atoms with Gasteiger partial charge in [0.1, 0.15) is 0 Å². The minimum Gasteiger partial charge on any atom is -0.399 e. The van der Waals surface area contributed by atoms with Crippen LogP contribution >= 0.6 is 11.8 Å². The van der Waals surface area contributed by atoms with Gasteiger partial charge in [-0.05, 0) is 36.0 Å². The molecule has 0 aliphatic carbocycles. The van der Waals surface area contributed by atoms with Crippen LogP contribution in [0.1, 0.15) is 0 Å². The Kier molecular flexibility index (Phi) is 4.31.